The topological polar surface area (TPSA) is 21.3 Å². The van der Waals surface area contributed by atoms with Crippen LogP contribution in [-0.2, 0) is 0 Å². The lowest BCUT2D eigenvalue weighted by molar-refractivity contribution is 0.221. The van der Waals surface area contributed by atoms with Gasteiger partial charge in [-0.2, -0.15) is 0 Å². The van der Waals surface area contributed by atoms with E-state index in [4.69, 9.17) is 4.74 Å². The predicted molar refractivity (Wildman–Crippen MR) is 55.5 cm³/mol. The van der Waals surface area contributed by atoms with Crippen LogP contribution in [0, 0.1) is 11.6 Å². The molecule has 2 nitrogen and oxygen atoms in total. The molecule has 1 unspecified atom stereocenters. The molecule has 0 radical (unpaired) electrons. The van der Waals surface area contributed by atoms with E-state index in [1.807, 2.05) is 0 Å². The summed E-state index contributed by atoms with van der Waals surface area (Å²) >= 11 is 0. The van der Waals surface area contributed by atoms with E-state index in [0.717, 1.165) is 31.6 Å². The zero-order valence-electron chi connectivity index (χ0n) is 8.00. The molecular weight excluding hydrogens is 224 g/mol. The Kier molecular flexibility index (Phi) is 4.29. The van der Waals surface area contributed by atoms with Crippen molar-refractivity contribution < 1.29 is 13.5 Å². The minimum Gasteiger partial charge on any atom is -0.489 e. The first kappa shape index (κ1) is 12.2. The molecule has 84 valence electrons. The summed E-state index contributed by atoms with van der Waals surface area (Å²) in [4.78, 5) is 0. The SMILES string of the molecule is Cl.Fc1ccc(OC2CCNC2)cc1F. The Morgan fingerprint density at radius 3 is 2.67 bits per heavy atom. The Balaban J connectivity index is 0.00000112. The van der Waals surface area contributed by atoms with E-state index in [1.54, 1.807) is 0 Å². The zero-order valence-corrected chi connectivity index (χ0v) is 8.82. The van der Waals surface area contributed by atoms with Gasteiger partial charge in [0.05, 0.1) is 0 Å². The molecule has 15 heavy (non-hydrogen) atoms. The molecule has 1 heterocycles. The summed E-state index contributed by atoms with van der Waals surface area (Å²) in [5.74, 6) is -1.33. The summed E-state index contributed by atoms with van der Waals surface area (Å²) in [6.45, 7) is 1.67. The number of hydrogen-bond acceptors (Lipinski definition) is 2. The van der Waals surface area contributed by atoms with Crippen molar-refractivity contribution in [1.82, 2.24) is 5.32 Å². The predicted octanol–water partition coefficient (Wildman–Crippen LogP) is 2.13. The highest BCUT2D eigenvalue weighted by Crippen LogP contribution is 2.18. The number of hydrogen-bond donors (Lipinski definition) is 1. The fraction of sp³-hybridized carbons (Fsp3) is 0.400. The van der Waals surface area contributed by atoms with Gasteiger partial charge in [-0.15, -0.1) is 12.4 Å². The molecule has 1 aromatic rings. The minimum absolute atomic E-state index is 0. The van der Waals surface area contributed by atoms with Gasteiger partial charge in [-0.1, -0.05) is 0 Å². The molecule has 1 fully saturated rings. The maximum Gasteiger partial charge on any atom is 0.162 e. The third-order valence-electron chi connectivity index (χ3n) is 2.21. The van der Waals surface area contributed by atoms with Gasteiger partial charge in [-0.3, -0.25) is 0 Å². The number of halogens is 3. The van der Waals surface area contributed by atoms with E-state index in [-0.39, 0.29) is 18.5 Å². The van der Waals surface area contributed by atoms with Crippen molar-refractivity contribution in [1.29, 1.82) is 0 Å². The summed E-state index contributed by atoms with van der Waals surface area (Å²) in [7, 11) is 0. The monoisotopic (exact) mass is 235 g/mol. The lowest BCUT2D eigenvalue weighted by Gasteiger charge is -2.12. The van der Waals surface area contributed by atoms with Gasteiger partial charge in [-0.05, 0) is 25.1 Å². The van der Waals surface area contributed by atoms with Crippen molar-refractivity contribution >= 4 is 12.4 Å². The first-order valence-electron chi connectivity index (χ1n) is 4.58. The smallest absolute Gasteiger partial charge is 0.162 e. The van der Waals surface area contributed by atoms with Crippen LogP contribution in [0.5, 0.6) is 5.75 Å². The van der Waals surface area contributed by atoms with Gasteiger partial charge < -0.3 is 10.1 Å². The molecule has 1 aliphatic rings. The van der Waals surface area contributed by atoms with Crippen LogP contribution in [0.25, 0.3) is 0 Å². The van der Waals surface area contributed by atoms with E-state index in [2.05, 4.69) is 5.32 Å². The maximum atomic E-state index is 12.8. The number of nitrogens with one attached hydrogen (secondary N) is 1. The molecule has 0 spiro atoms. The van der Waals surface area contributed by atoms with E-state index in [9.17, 15) is 8.78 Å². The Labute approximate surface area is 93.0 Å². The maximum absolute atomic E-state index is 12.8. The standard InChI is InChI=1S/C10H11F2NO.ClH/c11-9-2-1-7(5-10(9)12)14-8-3-4-13-6-8;/h1-2,5,8,13H,3-4,6H2;1H. The van der Waals surface area contributed by atoms with Crippen molar-refractivity contribution in [3.05, 3.63) is 29.8 Å². The van der Waals surface area contributed by atoms with Crippen LogP contribution in [0.15, 0.2) is 18.2 Å². The molecule has 1 saturated heterocycles. The minimum atomic E-state index is -0.867. The highest BCUT2D eigenvalue weighted by molar-refractivity contribution is 5.85. The number of ether oxygens (including phenoxy) is 1. The zero-order chi connectivity index (χ0) is 9.97. The fourth-order valence-electron chi connectivity index (χ4n) is 1.47. The largest absolute Gasteiger partial charge is 0.489 e. The van der Waals surface area contributed by atoms with E-state index < -0.39 is 11.6 Å². The van der Waals surface area contributed by atoms with Crippen LogP contribution in [-0.4, -0.2) is 19.2 Å². The first-order valence-corrected chi connectivity index (χ1v) is 4.58. The van der Waals surface area contributed by atoms with Crippen molar-refractivity contribution in [2.45, 2.75) is 12.5 Å². The van der Waals surface area contributed by atoms with Crippen LogP contribution in [0.4, 0.5) is 8.78 Å². The van der Waals surface area contributed by atoms with Crippen LogP contribution in [0.3, 0.4) is 0 Å². The molecule has 0 saturated carbocycles. The molecule has 5 heteroatoms. The first-order chi connectivity index (χ1) is 6.75. The van der Waals surface area contributed by atoms with E-state index in [0.29, 0.717) is 5.75 Å². The van der Waals surface area contributed by atoms with Gasteiger partial charge in [0.1, 0.15) is 11.9 Å². The van der Waals surface area contributed by atoms with E-state index >= 15 is 0 Å². The highest BCUT2D eigenvalue weighted by atomic mass is 35.5. The van der Waals surface area contributed by atoms with Crippen LogP contribution in [0.2, 0.25) is 0 Å². The lowest BCUT2D eigenvalue weighted by atomic mass is 10.3. The number of benzene rings is 1. The van der Waals surface area contributed by atoms with Crippen molar-refractivity contribution in [2.24, 2.45) is 0 Å². The van der Waals surface area contributed by atoms with Gasteiger partial charge in [0.25, 0.3) is 0 Å². The molecule has 1 aliphatic heterocycles. The van der Waals surface area contributed by atoms with Crippen molar-refractivity contribution in [2.75, 3.05) is 13.1 Å². The average molecular weight is 236 g/mol. The second kappa shape index (κ2) is 5.28. The molecule has 0 aliphatic carbocycles. The van der Waals surface area contributed by atoms with Gasteiger partial charge in [0.2, 0.25) is 0 Å². The van der Waals surface area contributed by atoms with Crippen molar-refractivity contribution in [3.63, 3.8) is 0 Å². The summed E-state index contributed by atoms with van der Waals surface area (Å²) < 4.78 is 30.8. The lowest BCUT2D eigenvalue weighted by Crippen LogP contribution is -2.19. The van der Waals surface area contributed by atoms with Crippen molar-refractivity contribution in [3.8, 4) is 5.75 Å². The Bertz CT molecular complexity index is 329. The normalized spacial score (nSPS) is 19.7. The molecule has 0 aromatic heterocycles. The van der Waals surface area contributed by atoms with Gasteiger partial charge >= 0.3 is 0 Å². The van der Waals surface area contributed by atoms with Gasteiger partial charge in [0, 0.05) is 12.6 Å². The quantitative estimate of drug-likeness (QED) is 0.848. The Hall–Kier alpha value is -0.870. The molecule has 0 amide bonds. The molecule has 2 rings (SSSR count). The fourth-order valence-corrected chi connectivity index (χ4v) is 1.47. The summed E-state index contributed by atoms with van der Waals surface area (Å²) in [5, 5.41) is 3.13. The Morgan fingerprint density at radius 2 is 2.07 bits per heavy atom. The van der Waals surface area contributed by atoms with Gasteiger partial charge in [0.15, 0.2) is 11.6 Å². The molecule has 1 aromatic carbocycles. The Morgan fingerprint density at radius 1 is 1.27 bits per heavy atom. The second-order valence-corrected chi connectivity index (χ2v) is 3.31. The molecule has 1 atom stereocenters. The summed E-state index contributed by atoms with van der Waals surface area (Å²) in [6, 6.07) is 3.59. The number of rotatable bonds is 2. The van der Waals surface area contributed by atoms with E-state index in [1.165, 1.54) is 6.07 Å². The molecule has 0 bridgehead atoms. The summed E-state index contributed by atoms with van der Waals surface area (Å²) in [6.07, 6.45) is 0.971. The molecule has 1 N–H and O–H groups in total. The van der Waals surface area contributed by atoms with Gasteiger partial charge in [-0.25, -0.2) is 8.78 Å². The summed E-state index contributed by atoms with van der Waals surface area (Å²) in [5.41, 5.74) is 0. The van der Waals surface area contributed by atoms with Crippen LogP contribution < -0.4 is 10.1 Å². The molecular formula is C10H12ClF2NO. The highest BCUT2D eigenvalue weighted by Gasteiger charge is 2.16. The third kappa shape index (κ3) is 3.04. The van der Waals surface area contributed by atoms with Crippen LogP contribution >= 0.6 is 12.4 Å². The second-order valence-electron chi connectivity index (χ2n) is 3.31. The third-order valence-corrected chi connectivity index (χ3v) is 2.21. The van der Waals surface area contributed by atoms with Crippen LogP contribution in [0.1, 0.15) is 6.42 Å². The average Bonchev–Trinajstić information content (AvgIpc) is 2.64.